The van der Waals surface area contributed by atoms with Gasteiger partial charge in [0.1, 0.15) is 17.6 Å². The maximum atomic E-state index is 10.1. The number of nitrogens with zero attached hydrogens (tertiary/aromatic N) is 2. The SMILES string of the molecule is Oc1ccccc1N1CCC(CN2CCC(Oc3ccc(Cl)c(Cl)c3)CC2)CC1. The summed E-state index contributed by atoms with van der Waals surface area (Å²) in [5.74, 6) is 1.91. The zero-order valence-electron chi connectivity index (χ0n) is 16.6. The van der Waals surface area contributed by atoms with Gasteiger partial charge in [-0.25, -0.2) is 0 Å². The predicted octanol–water partition coefficient (Wildman–Crippen LogP) is 5.46. The molecular weight excluding hydrogens is 407 g/mol. The van der Waals surface area contributed by atoms with Gasteiger partial charge < -0.3 is 19.6 Å². The molecule has 0 unspecified atom stereocenters. The quantitative estimate of drug-likeness (QED) is 0.677. The number of piperidine rings is 2. The lowest BCUT2D eigenvalue weighted by atomic mass is 9.94. The average molecular weight is 435 g/mol. The van der Waals surface area contributed by atoms with Crippen LogP contribution in [0.15, 0.2) is 42.5 Å². The summed E-state index contributed by atoms with van der Waals surface area (Å²) < 4.78 is 6.10. The second kappa shape index (κ2) is 9.46. The number of rotatable bonds is 5. The van der Waals surface area contributed by atoms with E-state index in [1.165, 1.54) is 12.8 Å². The smallest absolute Gasteiger partial charge is 0.138 e. The van der Waals surface area contributed by atoms with Crippen molar-refractivity contribution in [1.82, 2.24) is 4.90 Å². The maximum absolute atomic E-state index is 10.1. The van der Waals surface area contributed by atoms with Crippen LogP contribution in [0, 0.1) is 5.92 Å². The number of halogens is 2. The minimum Gasteiger partial charge on any atom is -0.506 e. The summed E-state index contributed by atoms with van der Waals surface area (Å²) in [4.78, 5) is 4.89. The molecule has 0 saturated carbocycles. The second-order valence-electron chi connectivity index (χ2n) is 8.11. The van der Waals surface area contributed by atoms with Crippen molar-refractivity contribution in [3.8, 4) is 11.5 Å². The molecule has 0 aromatic heterocycles. The number of phenolic OH excluding ortho intramolecular Hbond substituents is 1. The van der Waals surface area contributed by atoms with Crippen molar-refractivity contribution < 1.29 is 9.84 Å². The zero-order valence-corrected chi connectivity index (χ0v) is 18.1. The van der Waals surface area contributed by atoms with Crippen molar-refractivity contribution in [3.05, 3.63) is 52.5 Å². The summed E-state index contributed by atoms with van der Waals surface area (Å²) in [5, 5.41) is 11.2. The van der Waals surface area contributed by atoms with Crippen LogP contribution in [-0.2, 0) is 0 Å². The van der Waals surface area contributed by atoms with Crippen LogP contribution in [0.1, 0.15) is 25.7 Å². The topological polar surface area (TPSA) is 35.9 Å². The van der Waals surface area contributed by atoms with Gasteiger partial charge in [0.15, 0.2) is 0 Å². The summed E-state index contributed by atoms with van der Waals surface area (Å²) in [6.45, 7) is 5.34. The molecule has 6 heteroatoms. The fraction of sp³-hybridized carbons (Fsp3) is 0.478. The number of aromatic hydroxyl groups is 1. The Balaban J connectivity index is 1.20. The van der Waals surface area contributed by atoms with Crippen LogP contribution in [0.5, 0.6) is 11.5 Å². The number of phenols is 1. The number of hydrogen-bond acceptors (Lipinski definition) is 4. The van der Waals surface area contributed by atoms with Crippen molar-refractivity contribution in [3.63, 3.8) is 0 Å². The summed E-state index contributed by atoms with van der Waals surface area (Å²) in [6, 6.07) is 13.1. The lowest BCUT2D eigenvalue weighted by Gasteiger charge is -2.38. The van der Waals surface area contributed by atoms with Crippen molar-refractivity contribution in [2.24, 2.45) is 5.92 Å². The van der Waals surface area contributed by atoms with Crippen LogP contribution >= 0.6 is 23.2 Å². The number of para-hydroxylation sites is 2. The second-order valence-corrected chi connectivity index (χ2v) is 8.93. The fourth-order valence-corrected chi connectivity index (χ4v) is 4.69. The average Bonchev–Trinajstić information content (AvgIpc) is 2.73. The van der Waals surface area contributed by atoms with E-state index in [2.05, 4.69) is 9.80 Å². The van der Waals surface area contributed by atoms with Gasteiger partial charge in [0.2, 0.25) is 0 Å². The van der Waals surface area contributed by atoms with Crippen LogP contribution < -0.4 is 9.64 Å². The van der Waals surface area contributed by atoms with E-state index in [9.17, 15) is 5.11 Å². The molecule has 156 valence electrons. The first kappa shape index (κ1) is 20.6. The lowest BCUT2D eigenvalue weighted by Crippen LogP contribution is -2.43. The number of ether oxygens (including phenoxy) is 1. The first-order chi connectivity index (χ1) is 14.1. The summed E-state index contributed by atoms with van der Waals surface area (Å²) in [5.41, 5.74) is 0.964. The van der Waals surface area contributed by atoms with Crippen LogP contribution in [0.2, 0.25) is 10.0 Å². The summed E-state index contributed by atoms with van der Waals surface area (Å²) >= 11 is 12.1. The Labute approximate surface area is 183 Å². The molecule has 2 aliphatic heterocycles. The molecule has 2 aromatic carbocycles. The molecule has 0 atom stereocenters. The molecule has 0 spiro atoms. The highest BCUT2D eigenvalue weighted by molar-refractivity contribution is 6.42. The molecular formula is C23H28Cl2N2O2. The Kier molecular flexibility index (Phi) is 6.74. The number of hydrogen-bond donors (Lipinski definition) is 1. The molecule has 29 heavy (non-hydrogen) atoms. The van der Waals surface area contributed by atoms with E-state index in [0.29, 0.717) is 15.8 Å². The van der Waals surface area contributed by atoms with Gasteiger partial charge in [0.05, 0.1) is 15.7 Å². The Hall–Kier alpha value is -1.62. The van der Waals surface area contributed by atoms with Gasteiger partial charge >= 0.3 is 0 Å². The van der Waals surface area contributed by atoms with Crippen LogP contribution in [-0.4, -0.2) is 48.8 Å². The monoisotopic (exact) mass is 434 g/mol. The Morgan fingerprint density at radius 1 is 0.897 bits per heavy atom. The molecule has 0 bridgehead atoms. The third kappa shape index (κ3) is 5.30. The minimum atomic E-state index is 0.242. The molecule has 2 saturated heterocycles. The molecule has 2 heterocycles. The first-order valence-electron chi connectivity index (χ1n) is 10.5. The zero-order chi connectivity index (χ0) is 20.2. The standard InChI is InChI=1S/C23H28Cl2N2O2/c24-20-6-5-19(15-21(20)25)29-18-9-11-26(12-10-18)16-17-7-13-27(14-8-17)22-3-1-2-4-23(22)28/h1-6,15,17-18,28H,7-14,16H2. The highest BCUT2D eigenvalue weighted by Gasteiger charge is 2.26. The van der Waals surface area contributed by atoms with Crippen molar-refractivity contribution in [2.45, 2.75) is 31.8 Å². The van der Waals surface area contributed by atoms with E-state index in [1.807, 2.05) is 24.3 Å². The molecule has 1 N–H and O–H groups in total. The molecule has 2 aromatic rings. The van der Waals surface area contributed by atoms with E-state index in [1.54, 1.807) is 18.2 Å². The summed E-state index contributed by atoms with van der Waals surface area (Å²) in [6.07, 6.45) is 4.67. The van der Waals surface area contributed by atoms with Crippen molar-refractivity contribution >= 4 is 28.9 Å². The van der Waals surface area contributed by atoms with Crippen LogP contribution in [0.3, 0.4) is 0 Å². The number of likely N-dealkylation sites (tertiary alicyclic amines) is 1. The highest BCUT2D eigenvalue weighted by Crippen LogP contribution is 2.31. The van der Waals surface area contributed by atoms with E-state index in [4.69, 9.17) is 27.9 Å². The molecule has 2 fully saturated rings. The normalized spacial score (nSPS) is 19.4. The fourth-order valence-electron chi connectivity index (χ4n) is 4.41. The van der Waals surface area contributed by atoms with Gasteiger partial charge in [0.25, 0.3) is 0 Å². The van der Waals surface area contributed by atoms with Crippen molar-refractivity contribution in [1.29, 1.82) is 0 Å². The number of anilines is 1. The summed E-state index contributed by atoms with van der Waals surface area (Å²) in [7, 11) is 0. The van der Waals surface area contributed by atoms with E-state index in [-0.39, 0.29) is 6.10 Å². The highest BCUT2D eigenvalue weighted by atomic mass is 35.5. The molecule has 0 aliphatic carbocycles. The van der Waals surface area contributed by atoms with Gasteiger partial charge in [-0.2, -0.15) is 0 Å². The Morgan fingerprint density at radius 2 is 1.62 bits per heavy atom. The maximum Gasteiger partial charge on any atom is 0.138 e. The molecule has 4 nitrogen and oxygen atoms in total. The van der Waals surface area contributed by atoms with E-state index < -0.39 is 0 Å². The van der Waals surface area contributed by atoms with Gasteiger partial charge in [-0.1, -0.05) is 35.3 Å². The van der Waals surface area contributed by atoms with Gasteiger partial charge in [0, 0.05) is 38.8 Å². The van der Waals surface area contributed by atoms with Crippen LogP contribution in [0.25, 0.3) is 0 Å². The van der Waals surface area contributed by atoms with Gasteiger partial charge in [-0.15, -0.1) is 0 Å². The Bertz CT molecular complexity index is 816. The third-order valence-corrected chi connectivity index (χ3v) is 6.82. The third-order valence-electron chi connectivity index (χ3n) is 6.08. The van der Waals surface area contributed by atoms with Gasteiger partial charge in [-0.3, -0.25) is 0 Å². The predicted molar refractivity (Wildman–Crippen MR) is 120 cm³/mol. The first-order valence-corrected chi connectivity index (χ1v) is 11.2. The van der Waals surface area contributed by atoms with E-state index in [0.717, 1.165) is 62.9 Å². The molecule has 0 amide bonds. The molecule has 4 rings (SSSR count). The van der Waals surface area contributed by atoms with Crippen molar-refractivity contribution in [2.75, 3.05) is 37.6 Å². The molecule has 0 radical (unpaired) electrons. The van der Waals surface area contributed by atoms with E-state index >= 15 is 0 Å². The molecule has 2 aliphatic rings. The van der Waals surface area contributed by atoms with Crippen LogP contribution in [0.4, 0.5) is 5.69 Å². The lowest BCUT2D eigenvalue weighted by molar-refractivity contribution is 0.0881. The Morgan fingerprint density at radius 3 is 2.31 bits per heavy atom. The number of benzene rings is 2. The largest absolute Gasteiger partial charge is 0.506 e. The van der Waals surface area contributed by atoms with Gasteiger partial charge in [-0.05, 0) is 55.9 Å². The minimum absolute atomic E-state index is 0.242.